The molecule has 3 aromatic rings. The van der Waals surface area contributed by atoms with Crippen LogP contribution in [0.4, 0.5) is 39.0 Å². The van der Waals surface area contributed by atoms with E-state index in [1.807, 2.05) is 19.1 Å². The summed E-state index contributed by atoms with van der Waals surface area (Å²) in [5, 5.41) is 17.0. The molecular formula is C17H15FN6O2. The maximum atomic E-state index is 13.3. The zero-order chi connectivity index (χ0) is 18.7. The van der Waals surface area contributed by atoms with Gasteiger partial charge in [-0.1, -0.05) is 18.2 Å². The lowest BCUT2D eigenvalue weighted by Crippen LogP contribution is -2.08. The number of nitrogens with zero attached hydrogens (tertiary/aromatic N) is 3. The first-order valence-corrected chi connectivity index (χ1v) is 7.60. The van der Waals surface area contributed by atoms with Crippen molar-refractivity contribution in [2.24, 2.45) is 0 Å². The summed E-state index contributed by atoms with van der Waals surface area (Å²) in [6, 6.07) is 12.9. The Kier molecular flexibility index (Phi) is 4.61. The van der Waals surface area contributed by atoms with Crippen molar-refractivity contribution in [3.63, 3.8) is 0 Å². The van der Waals surface area contributed by atoms with E-state index in [9.17, 15) is 14.5 Å². The van der Waals surface area contributed by atoms with Crippen LogP contribution in [0.5, 0.6) is 0 Å². The minimum Gasteiger partial charge on any atom is -0.378 e. The van der Waals surface area contributed by atoms with Gasteiger partial charge in [0.2, 0.25) is 17.6 Å². The van der Waals surface area contributed by atoms with Crippen molar-refractivity contribution in [1.29, 1.82) is 0 Å². The molecule has 0 amide bonds. The van der Waals surface area contributed by atoms with Crippen LogP contribution < -0.4 is 16.4 Å². The van der Waals surface area contributed by atoms with Crippen molar-refractivity contribution in [2.45, 2.75) is 6.92 Å². The molecule has 0 aliphatic rings. The van der Waals surface area contributed by atoms with Crippen LogP contribution in [0.15, 0.2) is 48.5 Å². The standard InChI is InChI=1S/C17H15FN6O2/c1-10-4-2-6-12(8-10)20-16-14(24(25)26)15(19)22-17(23-16)21-13-7-3-5-11(18)9-13/h2-9H,1H3,(H4,19,20,21,22,23). The molecular weight excluding hydrogens is 339 g/mol. The van der Waals surface area contributed by atoms with Crippen LogP contribution in [0.1, 0.15) is 5.56 Å². The molecule has 4 N–H and O–H groups in total. The van der Waals surface area contributed by atoms with Gasteiger partial charge in [0.1, 0.15) is 5.82 Å². The third kappa shape index (κ3) is 3.83. The molecule has 26 heavy (non-hydrogen) atoms. The monoisotopic (exact) mass is 354 g/mol. The number of benzene rings is 2. The Morgan fingerprint density at radius 3 is 2.42 bits per heavy atom. The van der Waals surface area contributed by atoms with Gasteiger partial charge in [0.05, 0.1) is 4.92 Å². The van der Waals surface area contributed by atoms with Gasteiger partial charge < -0.3 is 16.4 Å². The van der Waals surface area contributed by atoms with Gasteiger partial charge >= 0.3 is 5.69 Å². The fourth-order valence-corrected chi connectivity index (χ4v) is 2.35. The summed E-state index contributed by atoms with van der Waals surface area (Å²) >= 11 is 0. The quantitative estimate of drug-likeness (QED) is 0.469. The third-order valence-corrected chi connectivity index (χ3v) is 3.46. The summed E-state index contributed by atoms with van der Waals surface area (Å²) in [5.74, 6) is -0.803. The Hall–Kier alpha value is -3.75. The number of aromatic nitrogens is 2. The molecule has 3 rings (SSSR count). The number of anilines is 5. The van der Waals surface area contributed by atoms with E-state index in [2.05, 4.69) is 20.6 Å². The van der Waals surface area contributed by atoms with Crippen molar-refractivity contribution in [3.8, 4) is 0 Å². The molecule has 2 aromatic carbocycles. The number of rotatable bonds is 5. The van der Waals surface area contributed by atoms with Gasteiger partial charge in [-0.15, -0.1) is 0 Å². The summed E-state index contributed by atoms with van der Waals surface area (Å²) in [6.45, 7) is 1.89. The van der Waals surface area contributed by atoms with E-state index in [4.69, 9.17) is 5.73 Å². The SMILES string of the molecule is Cc1cccc(Nc2nc(Nc3cccc(F)c3)nc(N)c2[N+](=O)[O-])c1. The van der Waals surface area contributed by atoms with Crippen LogP contribution in [-0.4, -0.2) is 14.9 Å². The minimum atomic E-state index is -0.653. The average molecular weight is 354 g/mol. The van der Waals surface area contributed by atoms with Crippen molar-refractivity contribution in [2.75, 3.05) is 16.4 Å². The maximum absolute atomic E-state index is 13.3. The molecule has 0 atom stereocenters. The molecule has 132 valence electrons. The van der Waals surface area contributed by atoms with Gasteiger partial charge in [0.25, 0.3) is 0 Å². The normalized spacial score (nSPS) is 10.4. The van der Waals surface area contributed by atoms with Crippen LogP contribution in [0.25, 0.3) is 0 Å². The molecule has 0 saturated heterocycles. The smallest absolute Gasteiger partial charge is 0.353 e. The summed E-state index contributed by atoms with van der Waals surface area (Å²) in [4.78, 5) is 18.7. The van der Waals surface area contributed by atoms with Gasteiger partial charge in [0, 0.05) is 11.4 Å². The highest BCUT2D eigenvalue weighted by atomic mass is 19.1. The molecule has 0 saturated carbocycles. The van der Waals surface area contributed by atoms with E-state index in [1.54, 1.807) is 18.2 Å². The van der Waals surface area contributed by atoms with E-state index in [0.717, 1.165) is 5.56 Å². The Morgan fingerprint density at radius 2 is 1.77 bits per heavy atom. The molecule has 9 heteroatoms. The molecule has 8 nitrogen and oxygen atoms in total. The zero-order valence-electron chi connectivity index (χ0n) is 13.7. The Bertz CT molecular complexity index is 979. The zero-order valence-corrected chi connectivity index (χ0v) is 13.7. The summed E-state index contributed by atoms with van der Waals surface area (Å²) in [7, 11) is 0. The second-order valence-corrected chi connectivity index (χ2v) is 5.52. The highest BCUT2D eigenvalue weighted by Gasteiger charge is 2.23. The van der Waals surface area contributed by atoms with E-state index in [-0.39, 0.29) is 17.6 Å². The first kappa shape index (κ1) is 17.1. The second-order valence-electron chi connectivity index (χ2n) is 5.52. The third-order valence-electron chi connectivity index (χ3n) is 3.46. The van der Waals surface area contributed by atoms with Crippen molar-refractivity contribution < 1.29 is 9.31 Å². The van der Waals surface area contributed by atoms with Crippen molar-refractivity contribution in [3.05, 3.63) is 70.0 Å². The summed E-state index contributed by atoms with van der Waals surface area (Å²) in [6.07, 6.45) is 0. The number of nitrogens with one attached hydrogen (secondary N) is 2. The molecule has 0 radical (unpaired) electrons. The number of nitro groups is 1. The predicted octanol–water partition coefficient (Wildman–Crippen LogP) is 3.90. The largest absolute Gasteiger partial charge is 0.378 e. The fourth-order valence-electron chi connectivity index (χ4n) is 2.35. The average Bonchev–Trinajstić information content (AvgIpc) is 2.54. The highest BCUT2D eigenvalue weighted by Crippen LogP contribution is 2.32. The number of nitrogens with two attached hydrogens (primary N) is 1. The maximum Gasteiger partial charge on any atom is 0.353 e. The number of hydrogen-bond acceptors (Lipinski definition) is 7. The van der Waals surface area contributed by atoms with Crippen LogP contribution in [-0.2, 0) is 0 Å². The Labute approximate surface area is 148 Å². The van der Waals surface area contributed by atoms with E-state index < -0.39 is 16.4 Å². The molecule has 1 heterocycles. The second kappa shape index (κ2) is 7.01. The van der Waals surface area contributed by atoms with Crippen LogP contribution in [0, 0.1) is 22.9 Å². The molecule has 0 spiro atoms. The fraction of sp³-hybridized carbons (Fsp3) is 0.0588. The van der Waals surface area contributed by atoms with Crippen LogP contribution in [0.2, 0.25) is 0 Å². The minimum absolute atomic E-state index is 0.00820. The first-order valence-electron chi connectivity index (χ1n) is 7.60. The van der Waals surface area contributed by atoms with Gasteiger partial charge in [-0.2, -0.15) is 9.97 Å². The molecule has 1 aromatic heterocycles. The lowest BCUT2D eigenvalue weighted by Gasteiger charge is -2.11. The van der Waals surface area contributed by atoms with Crippen molar-refractivity contribution in [1.82, 2.24) is 9.97 Å². The van der Waals surface area contributed by atoms with Crippen LogP contribution in [0.3, 0.4) is 0 Å². The van der Waals surface area contributed by atoms with Gasteiger partial charge in [-0.25, -0.2) is 4.39 Å². The molecule has 0 bridgehead atoms. The van der Waals surface area contributed by atoms with Gasteiger partial charge in [0.15, 0.2) is 0 Å². The van der Waals surface area contributed by atoms with E-state index >= 15 is 0 Å². The summed E-state index contributed by atoms with van der Waals surface area (Å²) in [5.41, 5.74) is 7.28. The van der Waals surface area contributed by atoms with Gasteiger partial charge in [-0.05, 0) is 42.8 Å². The lowest BCUT2D eigenvalue weighted by molar-refractivity contribution is -0.383. The number of hydrogen-bond donors (Lipinski definition) is 3. The highest BCUT2D eigenvalue weighted by molar-refractivity contribution is 5.75. The first-order chi connectivity index (χ1) is 12.4. The lowest BCUT2D eigenvalue weighted by atomic mass is 10.2. The summed E-state index contributed by atoms with van der Waals surface area (Å²) < 4.78 is 13.3. The number of nitrogen functional groups attached to an aromatic ring is 1. The molecule has 0 fully saturated rings. The Morgan fingerprint density at radius 1 is 1.08 bits per heavy atom. The van der Waals surface area contributed by atoms with Crippen LogP contribution >= 0.6 is 0 Å². The predicted molar refractivity (Wildman–Crippen MR) is 97.2 cm³/mol. The van der Waals surface area contributed by atoms with Gasteiger partial charge in [-0.3, -0.25) is 10.1 Å². The Balaban J connectivity index is 2.00. The molecule has 0 aliphatic carbocycles. The van der Waals surface area contributed by atoms with Crippen molar-refractivity contribution >= 4 is 34.6 Å². The molecule has 0 unspecified atom stereocenters. The topological polar surface area (TPSA) is 119 Å². The number of halogens is 1. The number of aryl methyl sites for hydroxylation is 1. The molecule has 0 aliphatic heterocycles. The van der Waals surface area contributed by atoms with E-state index in [0.29, 0.717) is 11.4 Å². The van der Waals surface area contributed by atoms with E-state index in [1.165, 1.54) is 18.2 Å².